The summed E-state index contributed by atoms with van der Waals surface area (Å²) in [7, 11) is 0. The lowest BCUT2D eigenvalue weighted by Gasteiger charge is -2.19. The van der Waals surface area contributed by atoms with Gasteiger partial charge in [0.05, 0.1) is 98.5 Å². The highest BCUT2D eigenvalue weighted by molar-refractivity contribution is 5.76. The normalized spacial score (nSPS) is 11.4. The first-order chi connectivity index (χ1) is 23.4. The Kier molecular flexibility index (Phi) is 34.9. The Morgan fingerprint density at radius 3 is 1.29 bits per heavy atom. The molecule has 0 aromatic rings. The topological polar surface area (TPSA) is 173 Å². The molecule has 15 heteroatoms. The Labute approximate surface area is 288 Å². The van der Waals surface area contributed by atoms with Gasteiger partial charge in [-0.2, -0.15) is 0 Å². The molecule has 0 unspecified atom stereocenters. The number of carbonyl (C=O) groups is 3. The second-order valence-corrected chi connectivity index (χ2v) is 11.1. The van der Waals surface area contributed by atoms with E-state index >= 15 is 0 Å². The maximum Gasteiger partial charge on any atom is 0.222 e. The lowest BCUT2D eigenvalue weighted by atomic mass is 10.3. The Hall–Kier alpha value is -1.95. The van der Waals surface area contributed by atoms with Crippen LogP contribution in [0.3, 0.4) is 0 Å². The predicted octanol–water partition coefficient (Wildman–Crippen LogP) is 0.825. The quantitative estimate of drug-likeness (QED) is 0.0676. The molecular formula is C33H66N4O11. The van der Waals surface area contributed by atoms with Crippen LogP contribution in [0.25, 0.3) is 0 Å². The van der Waals surface area contributed by atoms with Gasteiger partial charge in [0.25, 0.3) is 0 Å². The number of ether oxygens (including phenoxy) is 8. The monoisotopic (exact) mass is 694 g/mol. The van der Waals surface area contributed by atoms with Crippen molar-refractivity contribution >= 4 is 17.7 Å². The average Bonchev–Trinajstić information content (AvgIpc) is 3.06. The van der Waals surface area contributed by atoms with Crippen LogP contribution >= 0.6 is 0 Å². The molecule has 0 atom stereocenters. The van der Waals surface area contributed by atoms with E-state index in [9.17, 15) is 14.4 Å². The van der Waals surface area contributed by atoms with E-state index in [1.165, 1.54) is 0 Å². The van der Waals surface area contributed by atoms with Crippen molar-refractivity contribution in [3.05, 3.63) is 0 Å². The van der Waals surface area contributed by atoms with Crippen LogP contribution in [0.1, 0.15) is 59.8 Å². The highest BCUT2D eigenvalue weighted by Crippen LogP contribution is 1.96. The summed E-state index contributed by atoms with van der Waals surface area (Å²) < 4.78 is 44.0. The molecule has 3 amide bonds. The SMILES string of the molecule is CCCOCCNC(=O)CCOCC(COCCC(=O)NCCOCCC)NC(=O)CCOCCOCCOCCOCCNC(C)C. The highest BCUT2D eigenvalue weighted by atomic mass is 16.6. The molecule has 15 nitrogen and oxygen atoms in total. The zero-order valence-corrected chi connectivity index (χ0v) is 30.1. The lowest BCUT2D eigenvalue weighted by molar-refractivity contribution is -0.126. The number of rotatable bonds is 37. The number of amides is 3. The maximum atomic E-state index is 12.6. The number of hydrogen-bond donors (Lipinski definition) is 4. The highest BCUT2D eigenvalue weighted by Gasteiger charge is 2.14. The Bertz CT molecular complexity index is 716. The molecule has 0 fully saturated rings. The van der Waals surface area contributed by atoms with Crippen LogP contribution in [-0.2, 0) is 52.3 Å². The van der Waals surface area contributed by atoms with Crippen molar-refractivity contribution in [1.29, 1.82) is 0 Å². The molecule has 4 N–H and O–H groups in total. The van der Waals surface area contributed by atoms with E-state index in [1.807, 2.05) is 13.8 Å². The van der Waals surface area contributed by atoms with Gasteiger partial charge in [-0.05, 0) is 12.8 Å². The van der Waals surface area contributed by atoms with Crippen molar-refractivity contribution in [3.8, 4) is 0 Å². The van der Waals surface area contributed by atoms with Crippen LogP contribution in [0.5, 0.6) is 0 Å². The lowest BCUT2D eigenvalue weighted by Crippen LogP contribution is -2.42. The maximum absolute atomic E-state index is 12.6. The molecule has 0 aromatic carbocycles. The van der Waals surface area contributed by atoms with Gasteiger partial charge in [-0.1, -0.05) is 27.7 Å². The second kappa shape index (κ2) is 36.3. The van der Waals surface area contributed by atoms with Crippen LogP contribution in [0.15, 0.2) is 0 Å². The third-order valence-corrected chi connectivity index (χ3v) is 6.17. The molecule has 0 bridgehead atoms. The molecule has 0 saturated heterocycles. The molecular weight excluding hydrogens is 628 g/mol. The van der Waals surface area contributed by atoms with Crippen LogP contribution in [0.2, 0.25) is 0 Å². The molecule has 0 saturated carbocycles. The minimum atomic E-state index is -0.459. The van der Waals surface area contributed by atoms with E-state index in [4.69, 9.17) is 37.9 Å². The first-order valence-corrected chi connectivity index (χ1v) is 17.6. The van der Waals surface area contributed by atoms with Gasteiger partial charge in [-0.15, -0.1) is 0 Å². The molecule has 0 spiro atoms. The predicted molar refractivity (Wildman–Crippen MR) is 182 cm³/mol. The van der Waals surface area contributed by atoms with Crippen LogP contribution in [0.4, 0.5) is 0 Å². The number of nitrogens with one attached hydrogen (secondary N) is 4. The molecule has 284 valence electrons. The second-order valence-electron chi connectivity index (χ2n) is 11.1. The van der Waals surface area contributed by atoms with Gasteiger partial charge in [0.2, 0.25) is 17.7 Å². The summed E-state index contributed by atoms with van der Waals surface area (Å²) in [4.78, 5) is 36.6. The summed E-state index contributed by atoms with van der Waals surface area (Å²) in [6, 6.07) is -0.0106. The van der Waals surface area contributed by atoms with Crippen LogP contribution in [0, 0.1) is 0 Å². The van der Waals surface area contributed by atoms with Crippen molar-refractivity contribution in [1.82, 2.24) is 21.3 Å². The summed E-state index contributed by atoms with van der Waals surface area (Å²) in [6.07, 6.45) is 2.38. The minimum Gasteiger partial charge on any atom is -0.380 e. The largest absolute Gasteiger partial charge is 0.380 e. The van der Waals surface area contributed by atoms with E-state index in [-0.39, 0.29) is 70.0 Å². The summed E-state index contributed by atoms with van der Waals surface area (Å²) >= 11 is 0. The Morgan fingerprint density at radius 1 is 0.458 bits per heavy atom. The van der Waals surface area contributed by atoms with E-state index in [1.54, 1.807) is 0 Å². The molecule has 0 aliphatic rings. The van der Waals surface area contributed by atoms with E-state index in [2.05, 4.69) is 35.1 Å². The first-order valence-electron chi connectivity index (χ1n) is 17.6. The van der Waals surface area contributed by atoms with Crippen molar-refractivity contribution in [2.75, 3.05) is 125 Å². The summed E-state index contributed by atoms with van der Waals surface area (Å²) in [6.45, 7) is 16.5. The fourth-order valence-corrected chi connectivity index (χ4v) is 3.75. The van der Waals surface area contributed by atoms with Gasteiger partial charge in [0.15, 0.2) is 0 Å². The van der Waals surface area contributed by atoms with Crippen LogP contribution in [-0.4, -0.2) is 155 Å². The molecule has 0 rings (SSSR count). The molecule has 48 heavy (non-hydrogen) atoms. The molecule has 0 aliphatic heterocycles. The van der Waals surface area contributed by atoms with Crippen molar-refractivity contribution < 1.29 is 52.3 Å². The fourth-order valence-electron chi connectivity index (χ4n) is 3.75. The summed E-state index contributed by atoms with van der Waals surface area (Å²) in [5.74, 6) is -0.498. The molecule has 0 aromatic heterocycles. The number of hydrogen-bond acceptors (Lipinski definition) is 12. The van der Waals surface area contributed by atoms with Crippen molar-refractivity contribution in [2.24, 2.45) is 0 Å². The number of carbonyl (C=O) groups excluding carboxylic acids is 3. The molecule has 0 aliphatic carbocycles. The Balaban J connectivity index is 4.17. The van der Waals surface area contributed by atoms with Gasteiger partial charge in [-0.3, -0.25) is 14.4 Å². The van der Waals surface area contributed by atoms with Gasteiger partial charge in [-0.25, -0.2) is 0 Å². The van der Waals surface area contributed by atoms with Gasteiger partial charge in [0, 0.05) is 58.2 Å². The standard InChI is InChI=1S/C33H66N4O11/c1-5-13-41-19-11-35-31(38)7-16-47-27-30(28-48-17-8-32(39)36-12-20-42-14-6-2)37-33(40)9-15-43-21-23-45-25-26-46-24-22-44-18-10-34-29(3)4/h29-30,34H,5-28H2,1-4H3,(H,35,38)(H,36,39)(H,37,40). The van der Waals surface area contributed by atoms with Gasteiger partial charge < -0.3 is 59.2 Å². The molecule has 0 radical (unpaired) electrons. The smallest absolute Gasteiger partial charge is 0.222 e. The molecule has 0 heterocycles. The third kappa shape index (κ3) is 35.4. The van der Waals surface area contributed by atoms with Crippen LogP contribution < -0.4 is 21.3 Å². The van der Waals surface area contributed by atoms with Gasteiger partial charge in [0.1, 0.15) is 0 Å². The first kappa shape index (κ1) is 46.0. The average molecular weight is 695 g/mol. The zero-order chi connectivity index (χ0) is 35.3. The fraction of sp³-hybridized carbons (Fsp3) is 0.909. The van der Waals surface area contributed by atoms with Crippen molar-refractivity contribution in [2.45, 2.75) is 71.9 Å². The Morgan fingerprint density at radius 2 is 0.833 bits per heavy atom. The third-order valence-electron chi connectivity index (χ3n) is 6.17. The summed E-state index contributed by atoms with van der Waals surface area (Å²) in [5, 5.41) is 11.7. The van der Waals surface area contributed by atoms with Crippen molar-refractivity contribution in [3.63, 3.8) is 0 Å². The van der Waals surface area contributed by atoms with E-state index in [0.717, 1.165) is 19.4 Å². The minimum absolute atomic E-state index is 0.137. The van der Waals surface area contributed by atoms with Gasteiger partial charge >= 0.3 is 0 Å². The zero-order valence-electron chi connectivity index (χ0n) is 30.1. The van der Waals surface area contributed by atoms with E-state index in [0.29, 0.717) is 91.8 Å². The summed E-state index contributed by atoms with van der Waals surface area (Å²) in [5.41, 5.74) is 0. The van der Waals surface area contributed by atoms with E-state index < -0.39 is 6.04 Å².